The van der Waals surface area contributed by atoms with Crippen molar-refractivity contribution < 1.29 is 0 Å². The molecular weight excluding hydrogens is 156 g/mol. The first-order chi connectivity index (χ1) is 6.27. The van der Waals surface area contributed by atoms with Crippen LogP contribution < -0.4 is 0 Å². The van der Waals surface area contributed by atoms with Gasteiger partial charge < -0.3 is 0 Å². The molecule has 2 aliphatic rings. The molecule has 13 heavy (non-hydrogen) atoms. The van der Waals surface area contributed by atoms with Gasteiger partial charge in [0.2, 0.25) is 0 Å². The van der Waals surface area contributed by atoms with Crippen LogP contribution in [0.4, 0.5) is 0 Å². The van der Waals surface area contributed by atoms with Crippen molar-refractivity contribution in [2.24, 2.45) is 0 Å². The van der Waals surface area contributed by atoms with Crippen molar-refractivity contribution in [3.05, 3.63) is 33.9 Å². The monoisotopic (exact) mass is 172 g/mol. The third-order valence-electron chi connectivity index (χ3n) is 3.64. The summed E-state index contributed by atoms with van der Waals surface area (Å²) in [7, 11) is 0. The molecule has 2 aliphatic carbocycles. The van der Waals surface area contributed by atoms with Crippen LogP contribution in [0.25, 0.3) is 0 Å². The Balaban J connectivity index is 2.25. The molecule has 68 valence electrons. The maximum Gasteiger partial charge on any atom is -0.0213 e. The summed E-state index contributed by atoms with van der Waals surface area (Å²) in [4.78, 5) is 0. The van der Waals surface area contributed by atoms with Gasteiger partial charge in [-0.15, -0.1) is 0 Å². The molecule has 3 rings (SSSR count). The molecule has 0 N–H and O–H groups in total. The summed E-state index contributed by atoms with van der Waals surface area (Å²) in [6.45, 7) is 4.68. The zero-order valence-electron chi connectivity index (χ0n) is 8.48. The van der Waals surface area contributed by atoms with Crippen LogP contribution in [0.3, 0.4) is 0 Å². The van der Waals surface area contributed by atoms with Crippen molar-refractivity contribution in [2.75, 3.05) is 0 Å². The molecular formula is C13H16. The Kier molecular flexibility index (Phi) is 1.39. The van der Waals surface area contributed by atoms with Gasteiger partial charge in [0.1, 0.15) is 0 Å². The van der Waals surface area contributed by atoms with Gasteiger partial charge in [0, 0.05) is 0 Å². The van der Waals surface area contributed by atoms with E-state index in [9.17, 15) is 0 Å². The van der Waals surface area contributed by atoms with Crippen molar-refractivity contribution >= 4 is 0 Å². The highest BCUT2D eigenvalue weighted by Gasteiger charge is 2.27. The van der Waals surface area contributed by atoms with E-state index in [0.717, 1.165) is 5.92 Å². The molecule has 0 amide bonds. The molecule has 1 aromatic carbocycles. The minimum Gasteiger partial charge on any atom is -0.0587 e. The van der Waals surface area contributed by atoms with Crippen LogP contribution in [0.5, 0.6) is 0 Å². The van der Waals surface area contributed by atoms with Crippen LogP contribution >= 0.6 is 0 Å². The predicted molar refractivity (Wildman–Crippen MR) is 55.3 cm³/mol. The predicted octanol–water partition coefficient (Wildman–Crippen LogP) is 3.01. The SMILES string of the molecule is CC(C)c1c2c(cc3c1CC3)CC2. The van der Waals surface area contributed by atoms with E-state index in [2.05, 4.69) is 19.9 Å². The van der Waals surface area contributed by atoms with Gasteiger partial charge in [-0.2, -0.15) is 0 Å². The van der Waals surface area contributed by atoms with Crippen LogP contribution in [-0.4, -0.2) is 0 Å². The highest BCUT2D eigenvalue weighted by molar-refractivity contribution is 5.55. The first kappa shape index (κ1) is 7.61. The summed E-state index contributed by atoms with van der Waals surface area (Å²) in [5.41, 5.74) is 8.43. The average Bonchev–Trinajstić information content (AvgIpc) is 1.97. The van der Waals surface area contributed by atoms with E-state index in [0.29, 0.717) is 0 Å². The highest BCUT2D eigenvalue weighted by Crippen LogP contribution is 2.40. The fourth-order valence-electron chi connectivity index (χ4n) is 2.81. The minimum absolute atomic E-state index is 0.740. The molecule has 0 atom stereocenters. The van der Waals surface area contributed by atoms with E-state index >= 15 is 0 Å². The fraction of sp³-hybridized carbons (Fsp3) is 0.538. The molecule has 0 heterocycles. The Bertz CT molecular complexity index is 342. The topological polar surface area (TPSA) is 0 Å². The van der Waals surface area contributed by atoms with Crippen LogP contribution in [0.2, 0.25) is 0 Å². The Morgan fingerprint density at radius 2 is 1.46 bits per heavy atom. The largest absolute Gasteiger partial charge is 0.0587 e. The van der Waals surface area contributed by atoms with Gasteiger partial charge in [-0.3, -0.25) is 0 Å². The quantitative estimate of drug-likeness (QED) is 0.611. The molecule has 0 unspecified atom stereocenters. The number of hydrogen-bond donors (Lipinski definition) is 0. The van der Waals surface area contributed by atoms with Crippen LogP contribution in [0.1, 0.15) is 47.6 Å². The number of rotatable bonds is 1. The molecule has 0 saturated carbocycles. The van der Waals surface area contributed by atoms with E-state index in [-0.39, 0.29) is 0 Å². The lowest BCUT2D eigenvalue weighted by molar-refractivity contribution is 0.706. The van der Waals surface area contributed by atoms with Crippen molar-refractivity contribution in [1.29, 1.82) is 0 Å². The summed E-state index contributed by atoms with van der Waals surface area (Å²) in [6.07, 6.45) is 5.36. The van der Waals surface area contributed by atoms with Gasteiger partial charge in [-0.25, -0.2) is 0 Å². The van der Waals surface area contributed by atoms with E-state index in [4.69, 9.17) is 0 Å². The smallest absolute Gasteiger partial charge is 0.0213 e. The maximum absolute atomic E-state index is 2.46. The zero-order valence-corrected chi connectivity index (χ0v) is 8.48. The van der Waals surface area contributed by atoms with E-state index < -0.39 is 0 Å². The molecule has 0 radical (unpaired) electrons. The average molecular weight is 172 g/mol. The Hall–Kier alpha value is -0.780. The second-order valence-corrected chi connectivity index (χ2v) is 4.72. The van der Waals surface area contributed by atoms with Crippen LogP contribution in [0, 0.1) is 0 Å². The molecule has 0 bridgehead atoms. The lowest BCUT2D eigenvalue weighted by atomic mass is 9.71. The second kappa shape index (κ2) is 2.37. The molecule has 0 saturated heterocycles. The van der Waals surface area contributed by atoms with E-state index in [1.165, 1.54) is 25.7 Å². The number of aryl methyl sites for hydroxylation is 2. The lowest BCUT2D eigenvalue weighted by Crippen LogP contribution is -2.22. The third kappa shape index (κ3) is 0.864. The Labute approximate surface area is 80.0 Å². The fourth-order valence-corrected chi connectivity index (χ4v) is 2.81. The summed E-state index contributed by atoms with van der Waals surface area (Å²) in [5.74, 6) is 0.740. The van der Waals surface area contributed by atoms with E-state index in [1.54, 1.807) is 27.8 Å². The van der Waals surface area contributed by atoms with Crippen molar-refractivity contribution in [3.8, 4) is 0 Å². The standard InChI is InChI=1S/C13H16/c1-8(2)13-11-5-3-9(11)7-10-4-6-12(10)13/h7-8H,3-6H2,1-2H3. The molecule has 0 spiro atoms. The molecule has 0 aliphatic heterocycles. The van der Waals surface area contributed by atoms with Gasteiger partial charge in [-0.05, 0) is 59.4 Å². The van der Waals surface area contributed by atoms with Crippen molar-refractivity contribution in [2.45, 2.75) is 45.4 Å². The first-order valence-electron chi connectivity index (χ1n) is 5.43. The van der Waals surface area contributed by atoms with Crippen LogP contribution in [-0.2, 0) is 25.7 Å². The summed E-state index contributed by atoms with van der Waals surface area (Å²) in [6, 6.07) is 2.46. The van der Waals surface area contributed by atoms with Gasteiger partial charge in [0.05, 0.1) is 0 Å². The lowest BCUT2D eigenvalue weighted by Gasteiger charge is -2.33. The third-order valence-corrected chi connectivity index (χ3v) is 3.64. The first-order valence-corrected chi connectivity index (χ1v) is 5.43. The minimum atomic E-state index is 0.740. The van der Waals surface area contributed by atoms with Crippen molar-refractivity contribution in [3.63, 3.8) is 0 Å². The molecule has 0 nitrogen and oxygen atoms in total. The number of hydrogen-bond acceptors (Lipinski definition) is 0. The summed E-state index contributed by atoms with van der Waals surface area (Å²) >= 11 is 0. The van der Waals surface area contributed by atoms with Gasteiger partial charge >= 0.3 is 0 Å². The normalized spacial score (nSPS) is 17.5. The zero-order chi connectivity index (χ0) is 9.00. The number of fused-ring (bicyclic) bond motifs is 2. The summed E-state index contributed by atoms with van der Waals surface area (Å²) in [5, 5.41) is 0. The Morgan fingerprint density at radius 1 is 0.923 bits per heavy atom. The van der Waals surface area contributed by atoms with Gasteiger partial charge in [0.25, 0.3) is 0 Å². The maximum atomic E-state index is 2.46. The number of benzene rings is 1. The molecule has 0 fully saturated rings. The van der Waals surface area contributed by atoms with E-state index in [1.807, 2.05) is 0 Å². The Morgan fingerprint density at radius 3 is 1.77 bits per heavy atom. The van der Waals surface area contributed by atoms with Gasteiger partial charge in [0.15, 0.2) is 0 Å². The van der Waals surface area contributed by atoms with Crippen molar-refractivity contribution in [1.82, 2.24) is 0 Å². The van der Waals surface area contributed by atoms with Gasteiger partial charge in [-0.1, -0.05) is 19.9 Å². The highest BCUT2D eigenvalue weighted by atomic mass is 14.3. The second-order valence-electron chi connectivity index (χ2n) is 4.72. The molecule has 0 heteroatoms. The molecule has 1 aromatic rings. The van der Waals surface area contributed by atoms with Crippen LogP contribution in [0.15, 0.2) is 6.07 Å². The summed E-state index contributed by atoms with van der Waals surface area (Å²) < 4.78 is 0. The molecule has 0 aromatic heterocycles.